The Morgan fingerprint density at radius 3 is 1.40 bits per heavy atom. The van der Waals surface area contributed by atoms with Crippen LogP contribution in [0.15, 0.2) is 85.2 Å². The van der Waals surface area contributed by atoms with E-state index in [1.54, 1.807) is 12.4 Å². The van der Waals surface area contributed by atoms with Gasteiger partial charge >= 0.3 is 0 Å². The van der Waals surface area contributed by atoms with E-state index in [4.69, 9.17) is 0 Å². The van der Waals surface area contributed by atoms with Gasteiger partial charge in [-0.25, -0.2) is 9.97 Å². The van der Waals surface area contributed by atoms with Crippen LogP contribution in [0.4, 0.5) is 11.6 Å². The van der Waals surface area contributed by atoms with Gasteiger partial charge in [0.1, 0.15) is 11.6 Å². The molecule has 4 heterocycles. The number of anilines is 2. The molecule has 0 unspecified atom stereocenters. The highest BCUT2D eigenvalue weighted by atomic mass is 15.1. The zero-order valence-electron chi connectivity index (χ0n) is 13.4. The summed E-state index contributed by atoms with van der Waals surface area (Å²) in [6.45, 7) is 0. The Kier molecular flexibility index (Phi) is 4.12. The fourth-order valence-corrected chi connectivity index (χ4v) is 2.45. The van der Waals surface area contributed by atoms with E-state index in [9.17, 15) is 0 Å². The molecule has 0 amide bonds. The molecule has 0 radical (unpaired) electrons. The van der Waals surface area contributed by atoms with Gasteiger partial charge in [0.2, 0.25) is 0 Å². The molecule has 0 bridgehead atoms. The van der Waals surface area contributed by atoms with Crippen LogP contribution < -0.4 is 5.32 Å². The lowest BCUT2D eigenvalue weighted by Crippen LogP contribution is -1.98. The number of nitrogens with zero attached hydrogens (tertiary/aromatic N) is 4. The fourth-order valence-electron chi connectivity index (χ4n) is 2.45. The van der Waals surface area contributed by atoms with E-state index >= 15 is 0 Å². The van der Waals surface area contributed by atoms with Crippen LogP contribution in [0.25, 0.3) is 22.8 Å². The number of rotatable bonds is 4. The maximum absolute atomic E-state index is 4.61. The molecular formula is C20H15N5. The van der Waals surface area contributed by atoms with Crippen molar-refractivity contribution >= 4 is 11.6 Å². The van der Waals surface area contributed by atoms with Gasteiger partial charge in [-0.1, -0.05) is 24.3 Å². The maximum Gasteiger partial charge on any atom is 0.132 e. The summed E-state index contributed by atoms with van der Waals surface area (Å²) < 4.78 is 0. The summed E-state index contributed by atoms with van der Waals surface area (Å²) in [7, 11) is 0. The number of pyridine rings is 4. The summed E-state index contributed by atoms with van der Waals surface area (Å²) in [6.07, 6.45) is 3.52. The molecule has 0 atom stereocenters. The van der Waals surface area contributed by atoms with Crippen molar-refractivity contribution < 1.29 is 0 Å². The van der Waals surface area contributed by atoms with Gasteiger partial charge in [0.25, 0.3) is 0 Å². The van der Waals surface area contributed by atoms with Crippen LogP contribution in [0.5, 0.6) is 0 Å². The first-order valence-corrected chi connectivity index (χ1v) is 7.92. The smallest absolute Gasteiger partial charge is 0.132 e. The highest BCUT2D eigenvalue weighted by molar-refractivity contribution is 5.62. The van der Waals surface area contributed by atoms with Crippen LogP contribution in [0.2, 0.25) is 0 Å². The molecule has 4 rings (SSSR count). The van der Waals surface area contributed by atoms with Gasteiger partial charge in [-0.15, -0.1) is 0 Å². The molecule has 5 heteroatoms. The van der Waals surface area contributed by atoms with E-state index in [0.717, 1.165) is 22.8 Å². The SMILES string of the molecule is c1ccc(-c2cccc(Nc3cccc(-c4ccccn4)n3)n2)nc1. The molecule has 25 heavy (non-hydrogen) atoms. The minimum absolute atomic E-state index is 0.717. The molecule has 1 N–H and O–H groups in total. The Morgan fingerprint density at radius 1 is 0.480 bits per heavy atom. The summed E-state index contributed by atoms with van der Waals surface area (Å²) >= 11 is 0. The Hall–Kier alpha value is -3.60. The van der Waals surface area contributed by atoms with Crippen LogP contribution in [-0.4, -0.2) is 19.9 Å². The second kappa shape index (κ2) is 6.88. The minimum atomic E-state index is 0.717. The Morgan fingerprint density at radius 2 is 0.960 bits per heavy atom. The third-order valence-electron chi connectivity index (χ3n) is 3.61. The first-order chi connectivity index (χ1) is 12.4. The molecule has 4 aromatic heterocycles. The molecule has 0 aliphatic rings. The van der Waals surface area contributed by atoms with Gasteiger partial charge in [0.15, 0.2) is 0 Å². The summed E-state index contributed by atoms with van der Waals surface area (Å²) in [5, 5.41) is 3.25. The van der Waals surface area contributed by atoms with E-state index in [0.29, 0.717) is 11.6 Å². The van der Waals surface area contributed by atoms with Gasteiger partial charge < -0.3 is 5.32 Å². The molecule has 120 valence electrons. The fraction of sp³-hybridized carbons (Fsp3) is 0. The van der Waals surface area contributed by atoms with E-state index in [1.165, 1.54) is 0 Å². The Labute approximate surface area is 145 Å². The quantitative estimate of drug-likeness (QED) is 0.604. The first-order valence-electron chi connectivity index (χ1n) is 7.92. The van der Waals surface area contributed by atoms with Gasteiger partial charge in [-0.3, -0.25) is 9.97 Å². The average Bonchev–Trinajstić information content (AvgIpc) is 2.70. The monoisotopic (exact) mass is 325 g/mol. The highest BCUT2D eigenvalue weighted by Gasteiger charge is 2.05. The molecule has 0 saturated heterocycles. The number of hydrogen-bond acceptors (Lipinski definition) is 5. The lowest BCUT2D eigenvalue weighted by molar-refractivity contribution is 1.21. The van der Waals surface area contributed by atoms with Crippen LogP contribution >= 0.6 is 0 Å². The van der Waals surface area contributed by atoms with Crippen molar-refractivity contribution in [2.75, 3.05) is 5.32 Å². The van der Waals surface area contributed by atoms with E-state index in [-0.39, 0.29) is 0 Å². The average molecular weight is 325 g/mol. The van der Waals surface area contributed by atoms with Crippen molar-refractivity contribution in [3.05, 3.63) is 85.2 Å². The van der Waals surface area contributed by atoms with E-state index in [1.807, 2.05) is 72.8 Å². The molecule has 0 aliphatic carbocycles. The maximum atomic E-state index is 4.61. The number of aromatic nitrogens is 4. The van der Waals surface area contributed by atoms with E-state index < -0.39 is 0 Å². The summed E-state index contributed by atoms with van der Waals surface area (Å²) in [5.41, 5.74) is 3.29. The molecular weight excluding hydrogens is 310 g/mol. The summed E-state index contributed by atoms with van der Waals surface area (Å²) in [5.74, 6) is 1.43. The van der Waals surface area contributed by atoms with Gasteiger partial charge in [0.05, 0.1) is 22.8 Å². The zero-order valence-corrected chi connectivity index (χ0v) is 13.4. The van der Waals surface area contributed by atoms with Crippen LogP contribution in [-0.2, 0) is 0 Å². The van der Waals surface area contributed by atoms with Crippen molar-refractivity contribution in [3.8, 4) is 22.8 Å². The molecule has 4 aromatic rings. The predicted molar refractivity (Wildman–Crippen MR) is 98.2 cm³/mol. The van der Waals surface area contributed by atoms with Gasteiger partial charge in [-0.05, 0) is 48.5 Å². The first kappa shape index (κ1) is 15.0. The number of hydrogen-bond donors (Lipinski definition) is 1. The summed E-state index contributed by atoms with van der Waals surface area (Å²) in [4.78, 5) is 17.9. The van der Waals surface area contributed by atoms with Crippen LogP contribution in [0.3, 0.4) is 0 Å². The normalized spacial score (nSPS) is 10.4. The topological polar surface area (TPSA) is 63.6 Å². The summed E-state index contributed by atoms with van der Waals surface area (Å²) in [6, 6.07) is 23.1. The lowest BCUT2D eigenvalue weighted by atomic mass is 10.2. The Balaban J connectivity index is 1.61. The molecule has 0 fully saturated rings. The van der Waals surface area contributed by atoms with Crippen molar-refractivity contribution in [1.29, 1.82) is 0 Å². The van der Waals surface area contributed by atoms with Crippen molar-refractivity contribution in [2.24, 2.45) is 0 Å². The lowest BCUT2D eigenvalue weighted by Gasteiger charge is -2.08. The standard InChI is InChI=1S/C20H15N5/c1-3-13-21-15(7-1)17-9-5-11-19(23-17)25-20-12-6-10-18(24-20)16-8-2-4-14-22-16/h1-14H,(H,23,24,25). The molecule has 0 saturated carbocycles. The third-order valence-corrected chi connectivity index (χ3v) is 3.61. The highest BCUT2D eigenvalue weighted by Crippen LogP contribution is 2.20. The molecule has 5 nitrogen and oxygen atoms in total. The molecule has 0 aliphatic heterocycles. The second-order valence-electron chi connectivity index (χ2n) is 5.37. The number of nitrogens with one attached hydrogen (secondary N) is 1. The van der Waals surface area contributed by atoms with Crippen molar-refractivity contribution in [1.82, 2.24) is 19.9 Å². The minimum Gasteiger partial charge on any atom is -0.325 e. The second-order valence-corrected chi connectivity index (χ2v) is 5.37. The van der Waals surface area contributed by atoms with Crippen LogP contribution in [0.1, 0.15) is 0 Å². The molecule has 0 spiro atoms. The van der Waals surface area contributed by atoms with Gasteiger partial charge in [-0.2, -0.15) is 0 Å². The predicted octanol–water partition coefficient (Wildman–Crippen LogP) is 4.34. The largest absolute Gasteiger partial charge is 0.325 e. The van der Waals surface area contributed by atoms with E-state index in [2.05, 4.69) is 25.3 Å². The zero-order chi connectivity index (χ0) is 16.9. The van der Waals surface area contributed by atoms with Crippen molar-refractivity contribution in [2.45, 2.75) is 0 Å². The van der Waals surface area contributed by atoms with Crippen LogP contribution in [0, 0.1) is 0 Å². The Bertz CT molecular complexity index is 890. The molecule has 0 aromatic carbocycles. The van der Waals surface area contributed by atoms with Gasteiger partial charge in [0, 0.05) is 12.4 Å². The third kappa shape index (κ3) is 3.50. The van der Waals surface area contributed by atoms with Crippen molar-refractivity contribution in [3.63, 3.8) is 0 Å².